The number of sulfonamides is 1. The van der Waals surface area contributed by atoms with Crippen molar-refractivity contribution in [2.45, 2.75) is 45.6 Å². The number of nitrogens with zero attached hydrogens (tertiary/aromatic N) is 3. The molecule has 0 saturated carbocycles. The van der Waals surface area contributed by atoms with Crippen molar-refractivity contribution in [3.8, 4) is 0 Å². The first-order chi connectivity index (χ1) is 13.5. The number of rotatable bonds is 7. The maximum atomic E-state index is 12.2. The Morgan fingerprint density at radius 2 is 1.62 bits per heavy atom. The zero-order valence-electron chi connectivity index (χ0n) is 17.5. The van der Waals surface area contributed by atoms with Gasteiger partial charge < -0.3 is 9.64 Å². The Hall–Kier alpha value is -1.72. The molecule has 2 saturated heterocycles. The first-order valence-corrected chi connectivity index (χ1v) is 11.6. The molecule has 0 atom stereocenters. The second-order valence-electron chi connectivity index (χ2n) is 8.31. The standard InChI is InChI=1S/C18H32N4O6S/c1-18(2,3)28-17(25)21-11-9-20(10-12-21)8-7-19-29(26,27)14-13-22-15(23)5-4-6-16(22)24/h19H,4-14H2,1-3H3. The van der Waals surface area contributed by atoms with Crippen LogP contribution in [0.4, 0.5) is 4.79 Å². The Labute approximate surface area is 172 Å². The number of nitrogens with one attached hydrogen (secondary N) is 1. The molecule has 0 aromatic rings. The van der Waals surface area contributed by atoms with Crippen molar-refractivity contribution in [3.63, 3.8) is 0 Å². The van der Waals surface area contributed by atoms with E-state index in [1.807, 2.05) is 20.8 Å². The van der Waals surface area contributed by atoms with Crippen molar-refractivity contribution in [2.24, 2.45) is 0 Å². The van der Waals surface area contributed by atoms with Gasteiger partial charge in [0.25, 0.3) is 0 Å². The Morgan fingerprint density at radius 1 is 1.03 bits per heavy atom. The van der Waals surface area contributed by atoms with Crippen LogP contribution in [0.3, 0.4) is 0 Å². The Balaban J connectivity index is 1.67. The lowest BCUT2D eigenvalue weighted by Crippen LogP contribution is -2.51. The van der Waals surface area contributed by atoms with Crippen molar-refractivity contribution in [1.82, 2.24) is 19.4 Å². The van der Waals surface area contributed by atoms with E-state index in [2.05, 4.69) is 9.62 Å². The number of ether oxygens (including phenoxy) is 1. The van der Waals surface area contributed by atoms with Crippen molar-refractivity contribution in [3.05, 3.63) is 0 Å². The summed E-state index contributed by atoms with van der Waals surface area (Å²) in [5.41, 5.74) is -0.532. The molecule has 166 valence electrons. The molecule has 0 unspecified atom stereocenters. The largest absolute Gasteiger partial charge is 0.444 e. The minimum atomic E-state index is -3.58. The third-order valence-electron chi connectivity index (χ3n) is 4.74. The molecule has 0 bridgehead atoms. The van der Waals surface area contributed by atoms with E-state index in [1.54, 1.807) is 4.90 Å². The van der Waals surface area contributed by atoms with Crippen molar-refractivity contribution in [1.29, 1.82) is 0 Å². The summed E-state index contributed by atoms with van der Waals surface area (Å²) in [4.78, 5) is 40.3. The molecule has 0 spiro atoms. The zero-order chi connectivity index (χ0) is 21.7. The van der Waals surface area contributed by atoms with Crippen LogP contribution in [0.25, 0.3) is 0 Å². The van der Waals surface area contributed by atoms with Gasteiger partial charge in [-0.1, -0.05) is 0 Å². The van der Waals surface area contributed by atoms with Crippen LogP contribution >= 0.6 is 0 Å². The lowest BCUT2D eigenvalue weighted by Gasteiger charge is -2.35. The topological polar surface area (TPSA) is 116 Å². The molecule has 0 aromatic carbocycles. The van der Waals surface area contributed by atoms with Crippen molar-refractivity contribution in [2.75, 3.05) is 51.6 Å². The van der Waals surface area contributed by atoms with Crippen LogP contribution in [0.15, 0.2) is 0 Å². The minimum Gasteiger partial charge on any atom is -0.444 e. The quantitative estimate of drug-likeness (QED) is 0.563. The number of amides is 3. The third kappa shape index (κ3) is 7.90. The predicted molar refractivity (Wildman–Crippen MR) is 107 cm³/mol. The van der Waals surface area contributed by atoms with E-state index in [0.29, 0.717) is 39.1 Å². The fraction of sp³-hybridized carbons (Fsp3) is 0.833. The van der Waals surface area contributed by atoms with Crippen LogP contribution in [-0.4, -0.2) is 98.2 Å². The maximum Gasteiger partial charge on any atom is 0.410 e. The van der Waals surface area contributed by atoms with Gasteiger partial charge >= 0.3 is 6.09 Å². The number of likely N-dealkylation sites (tertiary alicyclic amines) is 1. The highest BCUT2D eigenvalue weighted by molar-refractivity contribution is 7.89. The molecule has 10 nitrogen and oxygen atoms in total. The van der Waals surface area contributed by atoms with Gasteiger partial charge in [0.15, 0.2) is 0 Å². The fourth-order valence-electron chi connectivity index (χ4n) is 3.17. The highest BCUT2D eigenvalue weighted by Gasteiger charge is 2.28. The molecule has 2 rings (SSSR count). The van der Waals surface area contributed by atoms with Gasteiger partial charge in [-0.3, -0.25) is 19.4 Å². The molecule has 2 fully saturated rings. The predicted octanol–water partition coefficient (Wildman–Crippen LogP) is -0.00240. The smallest absolute Gasteiger partial charge is 0.410 e. The van der Waals surface area contributed by atoms with Gasteiger partial charge in [-0.05, 0) is 27.2 Å². The van der Waals surface area contributed by atoms with E-state index >= 15 is 0 Å². The van der Waals surface area contributed by atoms with Gasteiger partial charge in [0, 0.05) is 58.7 Å². The summed E-state index contributed by atoms with van der Waals surface area (Å²) in [5.74, 6) is -0.907. The number of imide groups is 1. The van der Waals surface area contributed by atoms with Crippen LogP contribution in [-0.2, 0) is 24.3 Å². The lowest BCUT2D eigenvalue weighted by molar-refractivity contribution is -0.147. The number of hydrogen-bond donors (Lipinski definition) is 1. The van der Waals surface area contributed by atoms with E-state index in [0.717, 1.165) is 4.90 Å². The molecule has 3 amide bonds. The second kappa shape index (κ2) is 9.86. The first kappa shape index (κ1) is 23.6. The lowest BCUT2D eigenvalue weighted by atomic mass is 10.1. The summed E-state index contributed by atoms with van der Waals surface area (Å²) in [6.07, 6.45) is 0.767. The first-order valence-electron chi connectivity index (χ1n) is 9.98. The Morgan fingerprint density at radius 3 is 2.17 bits per heavy atom. The monoisotopic (exact) mass is 432 g/mol. The molecule has 0 radical (unpaired) electrons. The van der Waals surface area contributed by atoms with E-state index in [1.165, 1.54) is 0 Å². The minimum absolute atomic E-state index is 0.110. The molecule has 2 aliphatic rings. The number of piperidine rings is 1. The third-order valence-corrected chi connectivity index (χ3v) is 6.10. The molecule has 2 aliphatic heterocycles. The number of piperazine rings is 1. The molecular formula is C18H32N4O6S. The summed E-state index contributed by atoms with van der Waals surface area (Å²) in [5, 5.41) is 0. The summed E-state index contributed by atoms with van der Waals surface area (Å²) < 4.78 is 32.2. The Kier molecular flexibility index (Phi) is 8.01. The highest BCUT2D eigenvalue weighted by atomic mass is 32.2. The summed E-state index contributed by atoms with van der Waals surface area (Å²) >= 11 is 0. The van der Waals surface area contributed by atoms with Gasteiger partial charge in [-0.15, -0.1) is 0 Å². The zero-order valence-corrected chi connectivity index (χ0v) is 18.3. The van der Waals surface area contributed by atoms with E-state index in [9.17, 15) is 22.8 Å². The highest BCUT2D eigenvalue weighted by Crippen LogP contribution is 2.13. The molecule has 11 heteroatoms. The van der Waals surface area contributed by atoms with Crippen LogP contribution in [0.5, 0.6) is 0 Å². The van der Waals surface area contributed by atoms with Crippen molar-refractivity contribution >= 4 is 27.9 Å². The summed E-state index contributed by atoms with van der Waals surface area (Å²) in [6.45, 7) is 8.44. The number of hydrogen-bond acceptors (Lipinski definition) is 7. The van der Waals surface area contributed by atoms with Crippen LogP contribution < -0.4 is 4.72 Å². The molecule has 0 aliphatic carbocycles. The maximum absolute atomic E-state index is 12.2. The molecule has 0 aromatic heterocycles. The van der Waals surface area contributed by atoms with E-state index in [-0.39, 0.29) is 49.6 Å². The summed E-state index contributed by atoms with van der Waals surface area (Å²) in [6, 6.07) is 0. The van der Waals surface area contributed by atoms with Gasteiger partial charge in [0.1, 0.15) is 5.60 Å². The van der Waals surface area contributed by atoms with Gasteiger partial charge in [-0.2, -0.15) is 0 Å². The van der Waals surface area contributed by atoms with Crippen LogP contribution in [0, 0.1) is 0 Å². The Bertz CT molecular complexity index is 694. The van der Waals surface area contributed by atoms with E-state index in [4.69, 9.17) is 4.74 Å². The van der Waals surface area contributed by atoms with Gasteiger partial charge in [-0.25, -0.2) is 17.9 Å². The fourth-order valence-corrected chi connectivity index (χ4v) is 4.14. The summed E-state index contributed by atoms with van der Waals surface area (Å²) in [7, 11) is -3.58. The van der Waals surface area contributed by atoms with Crippen LogP contribution in [0.1, 0.15) is 40.0 Å². The average molecular weight is 433 g/mol. The molecule has 29 heavy (non-hydrogen) atoms. The van der Waals surface area contributed by atoms with Crippen LogP contribution in [0.2, 0.25) is 0 Å². The second-order valence-corrected chi connectivity index (χ2v) is 10.2. The van der Waals surface area contributed by atoms with Gasteiger partial charge in [0.2, 0.25) is 21.8 Å². The number of carbonyl (C=O) groups excluding carboxylic acids is 3. The van der Waals surface area contributed by atoms with E-state index < -0.39 is 15.6 Å². The van der Waals surface area contributed by atoms with Crippen molar-refractivity contribution < 1.29 is 27.5 Å². The average Bonchev–Trinajstić information content (AvgIpc) is 2.60. The SMILES string of the molecule is CC(C)(C)OC(=O)N1CCN(CCNS(=O)(=O)CCN2C(=O)CCCC2=O)CC1. The molecule has 1 N–H and O–H groups in total. The molecular weight excluding hydrogens is 400 g/mol. The van der Waals surface area contributed by atoms with Gasteiger partial charge in [0.05, 0.1) is 5.75 Å². The molecule has 2 heterocycles. The normalized spacial score (nSPS) is 19.6. The number of carbonyl (C=O) groups is 3.